The van der Waals surface area contributed by atoms with Gasteiger partial charge in [-0.1, -0.05) is 0 Å². The highest BCUT2D eigenvalue weighted by Crippen LogP contribution is 2.42. The van der Waals surface area contributed by atoms with Gasteiger partial charge in [-0.3, -0.25) is 0 Å². The minimum absolute atomic E-state index is 0.104. The van der Waals surface area contributed by atoms with Gasteiger partial charge in [-0.15, -0.1) is 11.3 Å². The van der Waals surface area contributed by atoms with Crippen LogP contribution in [0.5, 0.6) is 0 Å². The molecule has 1 aliphatic rings. The van der Waals surface area contributed by atoms with E-state index in [0.717, 1.165) is 10.9 Å². The van der Waals surface area contributed by atoms with Crippen molar-refractivity contribution in [2.75, 3.05) is 0 Å². The standard InChI is InChI=1S/C8H12N2S/c1-5(9)8-10-4-7(11-8)6-2-3-6/h4-6H,2-3,9H2,1H3. The van der Waals surface area contributed by atoms with Gasteiger partial charge in [0.25, 0.3) is 0 Å². The van der Waals surface area contributed by atoms with Crippen LogP contribution in [0.25, 0.3) is 0 Å². The molecule has 0 saturated heterocycles. The van der Waals surface area contributed by atoms with Crippen LogP contribution in [0.3, 0.4) is 0 Å². The minimum Gasteiger partial charge on any atom is -0.322 e. The summed E-state index contributed by atoms with van der Waals surface area (Å²) in [5, 5.41) is 1.08. The molecule has 0 spiro atoms. The van der Waals surface area contributed by atoms with Gasteiger partial charge in [0.15, 0.2) is 0 Å². The third-order valence-corrected chi connectivity index (χ3v) is 3.27. The monoisotopic (exact) mass is 168 g/mol. The smallest absolute Gasteiger partial charge is 0.109 e. The maximum Gasteiger partial charge on any atom is 0.109 e. The zero-order valence-corrected chi connectivity index (χ0v) is 7.40. The van der Waals surface area contributed by atoms with E-state index in [4.69, 9.17) is 5.73 Å². The van der Waals surface area contributed by atoms with Gasteiger partial charge in [0, 0.05) is 11.1 Å². The van der Waals surface area contributed by atoms with Crippen LogP contribution in [0, 0.1) is 0 Å². The van der Waals surface area contributed by atoms with E-state index in [2.05, 4.69) is 4.98 Å². The molecule has 1 atom stereocenters. The lowest BCUT2D eigenvalue weighted by molar-refractivity contribution is 0.807. The number of hydrogen-bond donors (Lipinski definition) is 1. The van der Waals surface area contributed by atoms with Gasteiger partial charge in [-0.25, -0.2) is 4.98 Å². The van der Waals surface area contributed by atoms with E-state index in [0.29, 0.717) is 0 Å². The summed E-state index contributed by atoms with van der Waals surface area (Å²) in [6.45, 7) is 1.98. The maximum atomic E-state index is 5.70. The molecule has 0 bridgehead atoms. The Morgan fingerprint density at radius 1 is 1.73 bits per heavy atom. The Kier molecular flexibility index (Phi) is 1.69. The normalized spacial score (nSPS) is 20.2. The highest BCUT2D eigenvalue weighted by Gasteiger charge is 2.25. The highest BCUT2D eigenvalue weighted by molar-refractivity contribution is 7.11. The van der Waals surface area contributed by atoms with Crippen LogP contribution in [0.2, 0.25) is 0 Å². The van der Waals surface area contributed by atoms with Crippen LogP contribution in [0.4, 0.5) is 0 Å². The summed E-state index contributed by atoms with van der Waals surface area (Å²) >= 11 is 1.78. The van der Waals surface area contributed by atoms with Crippen molar-refractivity contribution in [3.8, 4) is 0 Å². The number of nitrogens with zero attached hydrogens (tertiary/aromatic N) is 1. The fourth-order valence-electron chi connectivity index (χ4n) is 1.07. The second-order valence-corrected chi connectivity index (χ2v) is 4.26. The van der Waals surface area contributed by atoms with Gasteiger partial charge < -0.3 is 5.73 Å². The Labute approximate surface area is 70.5 Å². The van der Waals surface area contributed by atoms with Crippen molar-refractivity contribution in [1.82, 2.24) is 4.98 Å². The van der Waals surface area contributed by atoms with Gasteiger partial charge in [-0.05, 0) is 25.7 Å². The molecule has 1 aromatic heterocycles. The number of nitrogens with two attached hydrogens (primary N) is 1. The molecule has 1 aliphatic carbocycles. The molecule has 0 amide bonds. The van der Waals surface area contributed by atoms with Crippen molar-refractivity contribution in [3.63, 3.8) is 0 Å². The third-order valence-electron chi connectivity index (χ3n) is 1.91. The van der Waals surface area contributed by atoms with E-state index in [9.17, 15) is 0 Å². The summed E-state index contributed by atoms with van der Waals surface area (Å²) in [5.74, 6) is 0.819. The first-order valence-corrected chi connectivity index (χ1v) is 4.80. The highest BCUT2D eigenvalue weighted by atomic mass is 32.1. The van der Waals surface area contributed by atoms with Gasteiger partial charge in [-0.2, -0.15) is 0 Å². The van der Waals surface area contributed by atoms with Crippen molar-refractivity contribution in [1.29, 1.82) is 0 Å². The number of aromatic nitrogens is 1. The van der Waals surface area contributed by atoms with Crippen molar-refractivity contribution < 1.29 is 0 Å². The third kappa shape index (κ3) is 1.44. The second-order valence-electron chi connectivity index (χ2n) is 3.16. The van der Waals surface area contributed by atoms with Crippen LogP contribution in [0.15, 0.2) is 6.20 Å². The topological polar surface area (TPSA) is 38.9 Å². The lowest BCUT2D eigenvalue weighted by atomic mass is 10.4. The summed E-state index contributed by atoms with van der Waals surface area (Å²) in [6, 6.07) is 0.104. The minimum atomic E-state index is 0.104. The molecule has 3 heteroatoms. The van der Waals surface area contributed by atoms with Crippen molar-refractivity contribution >= 4 is 11.3 Å². The number of hydrogen-bond acceptors (Lipinski definition) is 3. The molecule has 0 aromatic carbocycles. The lowest BCUT2D eigenvalue weighted by Gasteiger charge is -1.95. The first kappa shape index (κ1) is 7.25. The summed E-state index contributed by atoms with van der Waals surface area (Å²) in [7, 11) is 0. The van der Waals surface area contributed by atoms with Gasteiger partial charge >= 0.3 is 0 Å². The second kappa shape index (κ2) is 2.57. The Morgan fingerprint density at radius 2 is 2.45 bits per heavy atom. The summed E-state index contributed by atoms with van der Waals surface area (Å²) in [6.07, 6.45) is 4.68. The molecule has 0 radical (unpaired) electrons. The molecule has 0 aliphatic heterocycles. The fraction of sp³-hybridized carbons (Fsp3) is 0.625. The van der Waals surface area contributed by atoms with Gasteiger partial charge in [0.05, 0.1) is 6.04 Å². The van der Waals surface area contributed by atoms with Crippen molar-refractivity contribution in [2.45, 2.75) is 31.7 Å². The van der Waals surface area contributed by atoms with Crippen LogP contribution >= 0.6 is 11.3 Å². The van der Waals surface area contributed by atoms with E-state index >= 15 is 0 Å². The average molecular weight is 168 g/mol. The Morgan fingerprint density at radius 3 is 2.91 bits per heavy atom. The summed E-state index contributed by atoms with van der Waals surface area (Å²) < 4.78 is 0. The first-order valence-electron chi connectivity index (χ1n) is 3.98. The van der Waals surface area contributed by atoms with Crippen molar-refractivity contribution in [2.24, 2.45) is 5.73 Å². The Balaban J connectivity index is 2.18. The SMILES string of the molecule is CC(N)c1ncc(C2CC2)s1. The first-order chi connectivity index (χ1) is 5.27. The van der Waals surface area contributed by atoms with E-state index in [1.54, 1.807) is 11.3 Å². The zero-order valence-electron chi connectivity index (χ0n) is 6.58. The summed E-state index contributed by atoms with van der Waals surface area (Å²) in [4.78, 5) is 5.70. The fourth-order valence-corrected chi connectivity index (χ4v) is 2.11. The quantitative estimate of drug-likeness (QED) is 0.734. The lowest BCUT2D eigenvalue weighted by Crippen LogP contribution is -2.03. The predicted octanol–water partition coefficient (Wildman–Crippen LogP) is 2.04. The Hall–Kier alpha value is -0.410. The van der Waals surface area contributed by atoms with Crippen LogP contribution < -0.4 is 5.73 Å². The van der Waals surface area contributed by atoms with E-state index in [-0.39, 0.29) is 6.04 Å². The average Bonchev–Trinajstić information content (AvgIpc) is 2.68. The molecule has 1 unspecified atom stereocenters. The predicted molar refractivity (Wildman–Crippen MR) is 46.7 cm³/mol. The van der Waals surface area contributed by atoms with E-state index in [1.165, 1.54) is 17.7 Å². The zero-order chi connectivity index (χ0) is 7.84. The molecule has 2 N–H and O–H groups in total. The molecule has 1 aromatic rings. The molecular formula is C8H12N2S. The van der Waals surface area contributed by atoms with Gasteiger partial charge in [0.2, 0.25) is 0 Å². The van der Waals surface area contributed by atoms with Crippen LogP contribution in [0.1, 0.15) is 41.6 Å². The van der Waals surface area contributed by atoms with Gasteiger partial charge in [0.1, 0.15) is 5.01 Å². The molecule has 1 heterocycles. The molecule has 11 heavy (non-hydrogen) atoms. The van der Waals surface area contributed by atoms with Crippen molar-refractivity contribution in [3.05, 3.63) is 16.1 Å². The number of thiazole rings is 1. The largest absolute Gasteiger partial charge is 0.322 e. The van der Waals surface area contributed by atoms with E-state index < -0.39 is 0 Å². The van der Waals surface area contributed by atoms with Crippen LogP contribution in [-0.4, -0.2) is 4.98 Å². The molecule has 2 rings (SSSR count). The summed E-state index contributed by atoms with van der Waals surface area (Å²) in [5.41, 5.74) is 5.70. The van der Waals surface area contributed by atoms with Crippen LogP contribution in [-0.2, 0) is 0 Å². The molecular weight excluding hydrogens is 156 g/mol. The molecule has 1 saturated carbocycles. The molecule has 60 valence electrons. The van der Waals surface area contributed by atoms with E-state index in [1.807, 2.05) is 13.1 Å². The molecule has 2 nitrogen and oxygen atoms in total. The molecule has 1 fully saturated rings. The maximum absolute atomic E-state index is 5.70. The Bertz CT molecular complexity index is 234. The number of rotatable bonds is 2.